The van der Waals surface area contributed by atoms with Gasteiger partial charge in [-0.05, 0) is 42.9 Å². The summed E-state index contributed by atoms with van der Waals surface area (Å²) in [6.07, 6.45) is 5.22. The number of halogens is 2. The number of aromatic nitrogens is 3. The van der Waals surface area contributed by atoms with E-state index in [1.54, 1.807) is 18.2 Å². The zero-order valence-corrected chi connectivity index (χ0v) is 20.2. The van der Waals surface area contributed by atoms with E-state index in [-0.39, 0.29) is 11.7 Å². The van der Waals surface area contributed by atoms with Crippen LogP contribution in [0.15, 0.2) is 41.4 Å². The van der Waals surface area contributed by atoms with E-state index >= 15 is 0 Å². The van der Waals surface area contributed by atoms with E-state index in [0.717, 1.165) is 30.1 Å². The molecular weight excluding hydrogens is 471 g/mol. The predicted octanol–water partition coefficient (Wildman–Crippen LogP) is 6.36. The van der Waals surface area contributed by atoms with Crippen LogP contribution < -0.4 is 5.32 Å². The third-order valence-electron chi connectivity index (χ3n) is 5.23. The Kier molecular flexibility index (Phi) is 7.06. The molecule has 0 bridgehead atoms. The van der Waals surface area contributed by atoms with Gasteiger partial charge in [-0.15, -0.1) is 28.1 Å². The van der Waals surface area contributed by atoms with Crippen LogP contribution in [0.4, 0.5) is 5.69 Å². The number of hydrogen-bond acceptors (Lipinski definition) is 5. The molecule has 1 aliphatic rings. The van der Waals surface area contributed by atoms with Crippen molar-refractivity contribution in [3.63, 3.8) is 0 Å². The molecule has 1 aromatic carbocycles. The van der Waals surface area contributed by atoms with Crippen LogP contribution in [0.5, 0.6) is 0 Å². The lowest BCUT2D eigenvalue weighted by Gasteiger charge is -2.19. The lowest BCUT2D eigenvalue weighted by atomic mass is 9.88. The summed E-state index contributed by atoms with van der Waals surface area (Å²) in [6.45, 7) is 6.76. The quantitative estimate of drug-likeness (QED) is 0.308. The van der Waals surface area contributed by atoms with Crippen LogP contribution in [-0.4, -0.2) is 26.4 Å². The zero-order valence-electron chi connectivity index (χ0n) is 17.0. The molecule has 2 aromatic heterocycles. The van der Waals surface area contributed by atoms with Gasteiger partial charge in [-0.1, -0.05) is 54.0 Å². The van der Waals surface area contributed by atoms with Crippen LogP contribution in [0.1, 0.15) is 23.8 Å². The van der Waals surface area contributed by atoms with Crippen molar-refractivity contribution in [3.8, 4) is 11.4 Å². The van der Waals surface area contributed by atoms with Crippen molar-refractivity contribution in [1.82, 2.24) is 14.8 Å². The van der Waals surface area contributed by atoms with E-state index in [4.69, 9.17) is 23.2 Å². The summed E-state index contributed by atoms with van der Waals surface area (Å²) in [5.74, 6) is 1.55. The topological polar surface area (TPSA) is 59.8 Å². The number of hydrogen-bond donors (Lipinski definition) is 1. The van der Waals surface area contributed by atoms with E-state index in [1.807, 2.05) is 22.0 Å². The molecule has 0 radical (unpaired) electrons. The molecule has 1 aliphatic carbocycles. The second-order valence-corrected chi connectivity index (χ2v) is 10.2. The summed E-state index contributed by atoms with van der Waals surface area (Å²) < 4.78 is 2.03. The van der Waals surface area contributed by atoms with Gasteiger partial charge in [-0.2, -0.15) is 0 Å². The minimum absolute atomic E-state index is 0.178. The minimum atomic E-state index is -0.189. The monoisotopic (exact) mass is 492 g/mol. The normalized spacial score (nSPS) is 15.5. The summed E-state index contributed by atoms with van der Waals surface area (Å²) in [7, 11) is 0. The largest absolute Gasteiger partial charge is 0.324 e. The Hall–Kier alpha value is -1.80. The highest BCUT2D eigenvalue weighted by Crippen LogP contribution is 2.38. The lowest BCUT2D eigenvalue weighted by molar-refractivity contribution is -0.113. The van der Waals surface area contributed by atoms with Crippen molar-refractivity contribution >= 4 is 57.9 Å². The Balaban J connectivity index is 1.51. The number of allylic oxidation sites excluding steroid dienone is 1. The zero-order chi connectivity index (χ0) is 22.0. The average Bonchev–Trinajstić information content (AvgIpc) is 3.33. The van der Waals surface area contributed by atoms with Gasteiger partial charge in [0.2, 0.25) is 5.91 Å². The molecule has 1 unspecified atom stereocenters. The predicted molar refractivity (Wildman–Crippen MR) is 131 cm³/mol. The summed E-state index contributed by atoms with van der Waals surface area (Å²) in [5.41, 5.74) is 3.04. The van der Waals surface area contributed by atoms with Crippen LogP contribution in [-0.2, 0) is 24.2 Å². The number of anilines is 1. The van der Waals surface area contributed by atoms with Crippen molar-refractivity contribution < 1.29 is 4.79 Å². The first-order valence-electron chi connectivity index (χ1n) is 9.98. The van der Waals surface area contributed by atoms with Crippen molar-refractivity contribution in [2.45, 2.75) is 37.9 Å². The first kappa shape index (κ1) is 22.4. The molecule has 1 atom stereocenters. The smallest absolute Gasteiger partial charge is 0.234 e. The first-order chi connectivity index (χ1) is 15.0. The van der Waals surface area contributed by atoms with E-state index < -0.39 is 0 Å². The standard InChI is InChI=1S/C22H22Cl2N4OS2/c1-3-9-28-21(15-11-30-18-10-13(2)7-8-14(15)18)26-27-22(28)31-12-19(29)25-17-6-4-5-16(23)20(17)24/h3-6,11,13H,1,7-10,12H2,2H3,(H,25,29). The molecule has 3 aromatic rings. The number of fused-ring (bicyclic) bond motifs is 1. The molecule has 5 nitrogen and oxygen atoms in total. The number of carbonyl (C=O) groups excluding carboxylic acids is 1. The van der Waals surface area contributed by atoms with Crippen molar-refractivity contribution in [2.24, 2.45) is 5.92 Å². The summed E-state index contributed by atoms with van der Waals surface area (Å²) in [5, 5.41) is 15.2. The average molecular weight is 493 g/mol. The van der Waals surface area contributed by atoms with Crippen LogP contribution in [0.3, 0.4) is 0 Å². The summed E-state index contributed by atoms with van der Waals surface area (Å²) in [6, 6.07) is 5.14. The van der Waals surface area contributed by atoms with Crippen molar-refractivity contribution in [1.29, 1.82) is 0 Å². The van der Waals surface area contributed by atoms with Crippen LogP contribution in [0.2, 0.25) is 10.0 Å². The second-order valence-electron chi connectivity index (χ2n) is 7.54. The fourth-order valence-electron chi connectivity index (χ4n) is 3.67. The van der Waals surface area contributed by atoms with E-state index in [0.29, 0.717) is 27.4 Å². The fourth-order valence-corrected chi connectivity index (χ4v) is 6.01. The van der Waals surface area contributed by atoms with Crippen LogP contribution >= 0.6 is 46.3 Å². The molecular formula is C22H22Cl2N4OS2. The Morgan fingerprint density at radius 3 is 3.06 bits per heavy atom. The second kappa shape index (κ2) is 9.77. The van der Waals surface area contributed by atoms with Gasteiger partial charge in [-0.3, -0.25) is 9.36 Å². The third kappa shape index (κ3) is 4.85. The molecule has 9 heteroatoms. The summed E-state index contributed by atoms with van der Waals surface area (Å²) in [4.78, 5) is 13.9. The Bertz CT molecular complexity index is 1120. The molecule has 0 spiro atoms. The molecule has 0 fully saturated rings. The van der Waals surface area contributed by atoms with Gasteiger partial charge in [-0.25, -0.2) is 0 Å². The molecule has 1 amide bonds. The lowest BCUT2D eigenvalue weighted by Crippen LogP contribution is -2.15. The highest BCUT2D eigenvalue weighted by molar-refractivity contribution is 7.99. The number of thioether (sulfide) groups is 1. The number of amides is 1. The maximum Gasteiger partial charge on any atom is 0.234 e. The van der Waals surface area contributed by atoms with E-state index in [2.05, 4.69) is 34.4 Å². The number of carbonyl (C=O) groups is 1. The third-order valence-corrected chi connectivity index (χ3v) is 8.07. The number of rotatable bonds is 7. The van der Waals surface area contributed by atoms with Gasteiger partial charge >= 0.3 is 0 Å². The van der Waals surface area contributed by atoms with Gasteiger partial charge < -0.3 is 5.32 Å². The number of nitrogens with zero attached hydrogens (tertiary/aromatic N) is 3. The molecule has 0 saturated heterocycles. The molecule has 1 N–H and O–H groups in total. The van der Waals surface area contributed by atoms with Crippen LogP contribution in [0.25, 0.3) is 11.4 Å². The highest BCUT2D eigenvalue weighted by Gasteiger charge is 2.24. The van der Waals surface area contributed by atoms with Gasteiger partial charge in [0.15, 0.2) is 11.0 Å². The fraction of sp³-hybridized carbons (Fsp3) is 0.318. The Labute approximate surface area is 199 Å². The molecule has 0 saturated carbocycles. The molecule has 0 aliphatic heterocycles. The maximum absolute atomic E-state index is 12.5. The SMILES string of the molecule is C=CCn1c(SCC(=O)Nc2cccc(Cl)c2Cl)nnc1-c1csc2c1CCC(C)C2. The van der Waals surface area contributed by atoms with Crippen molar-refractivity contribution in [3.05, 3.63) is 56.7 Å². The number of benzene rings is 1. The van der Waals surface area contributed by atoms with Gasteiger partial charge in [0.1, 0.15) is 0 Å². The van der Waals surface area contributed by atoms with E-state index in [1.165, 1.54) is 28.6 Å². The van der Waals surface area contributed by atoms with Gasteiger partial charge in [0.25, 0.3) is 0 Å². The highest BCUT2D eigenvalue weighted by atomic mass is 35.5. The minimum Gasteiger partial charge on any atom is -0.324 e. The Morgan fingerprint density at radius 1 is 1.42 bits per heavy atom. The van der Waals surface area contributed by atoms with E-state index in [9.17, 15) is 4.79 Å². The summed E-state index contributed by atoms with van der Waals surface area (Å²) >= 11 is 15.3. The van der Waals surface area contributed by atoms with Crippen molar-refractivity contribution in [2.75, 3.05) is 11.1 Å². The number of thiophene rings is 1. The molecule has 162 valence electrons. The number of nitrogens with one attached hydrogen (secondary N) is 1. The molecule has 2 heterocycles. The maximum atomic E-state index is 12.5. The Morgan fingerprint density at radius 2 is 2.26 bits per heavy atom. The van der Waals surface area contributed by atoms with Gasteiger partial charge in [0.05, 0.1) is 21.5 Å². The molecule has 31 heavy (non-hydrogen) atoms. The van der Waals surface area contributed by atoms with Crippen LogP contribution in [0, 0.1) is 5.92 Å². The van der Waals surface area contributed by atoms with Gasteiger partial charge in [0, 0.05) is 22.4 Å². The first-order valence-corrected chi connectivity index (χ1v) is 12.6. The molecule has 4 rings (SSSR count).